The Morgan fingerprint density at radius 3 is 2.90 bits per heavy atom. The number of hydrogen-bond donors (Lipinski definition) is 1. The van der Waals surface area contributed by atoms with Crippen LogP contribution >= 0.6 is 0 Å². The fourth-order valence-corrected chi connectivity index (χ4v) is 2.54. The van der Waals surface area contributed by atoms with Gasteiger partial charge in [-0.3, -0.25) is 14.6 Å². The van der Waals surface area contributed by atoms with E-state index < -0.39 is 11.8 Å². The number of halogens is 1. The van der Waals surface area contributed by atoms with Crippen LogP contribution in [0.5, 0.6) is 0 Å². The van der Waals surface area contributed by atoms with Crippen molar-refractivity contribution in [1.82, 2.24) is 9.88 Å². The summed E-state index contributed by atoms with van der Waals surface area (Å²) in [7, 11) is 0. The van der Waals surface area contributed by atoms with E-state index in [1.165, 1.54) is 12.3 Å². The number of rotatable bonds is 3. The third-order valence-electron chi connectivity index (χ3n) is 3.60. The molecule has 1 N–H and O–H groups in total. The van der Waals surface area contributed by atoms with Crippen molar-refractivity contribution in [1.29, 1.82) is 0 Å². The van der Waals surface area contributed by atoms with E-state index in [0.29, 0.717) is 19.5 Å². The van der Waals surface area contributed by atoms with Crippen LogP contribution in [0, 0.1) is 11.7 Å². The molecule has 0 spiro atoms. The standard InChI is InChI=1S/C14H17FN2O3/c15-12-9-16-5-3-11(12)14(20)17-6-1-2-10(4-7-17)8-13(18)19/h3,5,9-10H,1-2,4,6-8H2,(H,18,19). The number of carbonyl (C=O) groups excluding carboxylic acids is 1. The first-order chi connectivity index (χ1) is 9.58. The highest BCUT2D eigenvalue weighted by atomic mass is 19.1. The van der Waals surface area contributed by atoms with Crippen molar-refractivity contribution in [3.8, 4) is 0 Å². The summed E-state index contributed by atoms with van der Waals surface area (Å²) in [6.07, 6.45) is 4.72. The van der Waals surface area contributed by atoms with E-state index in [0.717, 1.165) is 19.0 Å². The Labute approximate surface area is 116 Å². The smallest absolute Gasteiger partial charge is 0.303 e. The molecule has 2 rings (SSSR count). The van der Waals surface area contributed by atoms with Crippen molar-refractivity contribution in [2.45, 2.75) is 25.7 Å². The van der Waals surface area contributed by atoms with Gasteiger partial charge in [0.1, 0.15) is 0 Å². The van der Waals surface area contributed by atoms with E-state index in [9.17, 15) is 14.0 Å². The minimum absolute atomic E-state index is 0.0247. The molecule has 0 aliphatic carbocycles. The molecule has 1 fully saturated rings. The van der Waals surface area contributed by atoms with Crippen molar-refractivity contribution >= 4 is 11.9 Å². The molecular formula is C14H17FN2O3. The Kier molecular flexibility index (Phi) is 4.65. The predicted octanol–water partition coefficient (Wildman–Crippen LogP) is 1.94. The number of nitrogens with zero attached hydrogens (tertiary/aromatic N) is 2. The van der Waals surface area contributed by atoms with Gasteiger partial charge < -0.3 is 10.0 Å². The molecule has 1 aromatic heterocycles. The van der Waals surface area contributed by atoms with E-state index in [1.807, 2.05) is 0 Å². The zero-order valence-corrected chi connectivity index (χ0v) is 11.1. The third-order valence-corrected chi connectivity index (χ3v) is 3.60. The molecule has 1 atom stereocenters. The Hall–Kier alpha value is -1.98. The molecular weight excluding hydrogens is 263 g/mol. The molecule has 0 radical (unpaired) electrons. The van der Waals surface area contributed by atoms with Gasteiger partial charge in [0.2, 0.25) is 0 Å². The Morgan fingerprint density at radius 1 is 1.40 bits per heavy atom. The van der Waals surface area contributed by atoms with Gasteiger partial charge in [-0.2, -0.15) is 0 Å². The van der Waals surface area contributed by atoms with Crippen molar-refractivity contribution in [2.24, 2.45) is 5.92 Å². The number of amides is 1. The average Bonchev–Trinajstić information content (AvgIpc) is 2.63. The fraction of sp³-hybridized carbons (Fsp3) is 0.500. The molecule has 1 aliphatic heterocycles. The SMILES string of the molecule is O=C(O)CC1CCCN(C(=O)c2ccncc2F)CC1. The van der Waals surface area contributed by atoms with Crippen LogP contribution in [0.25, 0.3) is 0 Å². The normalized spacial score (nSPS) is 19.4. The van der Waals surface area contributed by atoms with E-state index in [4.69, 9.17) is 5.11 Å². The van der Waals surface area contributed by atoms with Gasteiger partial charge in [-0.15, -0.1) is 0 Å². The third kappa shape index (κ3) is 3.53. The second-order valence-corrected chi connectivity index (χ2v) is 5.04. The predicted molar refractivity (Wildman–Crippen MR) is 69.7 cm³/mol. The van der Waals surface area contributed by atoms with E-state index in [2.05, 4.69) is 4.98 Å². The molecule has 1 aliphatic rings. The van der Waals surface area contributed by atoms with Gasteiger partial charge in [-0.1, -0.05) is 0 Å². The van der Waals surface area contributed by atoms with Gasteiger partial charge in [0.25, 0.3) is 5.91 Å². The maximum Gasteiger partial charge on any atom is 0.303 e. The number of carboxylic acid groups (broad SMARTS) is 1. The summed E-state index contributed by atoms with van der Waals surface area (Å²) >= 11 is 0. The van der Waals surface area contributed by atoms with Crippen LogP contribution in [0.3, 0.4) is 0 Å². The highest BCUT2D eigenvalue weighted by Gasteiger charge is 2.24. The van der Waals surface area contributed by atoms with Crippen molar-refractivity contribution in [3.05, 3.63) is 29.8 Å². The molecule has 1 saturated heterocycles. The molecule has 1 amide bonds. The first kappa shape index (κ1) is 14.4. The average molecular weight is 280 g/mol. The number of aliphatic carboxylic acids is 1. The fourth-order valence-electron chi connectivity index (χ4n) is 2.54. The highest BCUT2D eigenvalue weighted by Crippen LogP contribution is 2.22. The van der Waals surface area contributed by atoms with Crippen molar-refractivity contribution in [3.63, 3.8) is 0 Å². The monoisotopic (exact) mass is 280 g/mol. The maximum absolute atomic E-state index is 13.6. The molecule has 5 nitrogen and oxygen atoms in total. The number of aromatic nitrogens is 1. The lowest BCUT2D eigenvalue weighted by molar-refractivity contribution is -0.138. The van der Waals surface area contributed by atoms with E-state index >= 15 is 0 Å². The first-order valence-corrected chi connectivity index (χ1v) is 6.68. The zero-order valence-electron chi connectivity index (χ0n) is 11.1. The maximum atomic E-state index is 13.6. The van der Waals surface area contributed by atoms with Gasteiger partial charge in [-0.25, -0.2) is 4.39 Å². The Balaban J connectivity index is 2.02. The number of carbonyl (C=O) groups is 2. The summed E-state index contributed by atoms with van der Waals surface area (Å²) < 4.78 is 13.6. The summed E-state index contributed by atoms with van der Waals surface area (Å²) in [5, 5.41) is 8.81. The largest absolute Gasteiger partial charge is 0.481 e. The van der Waals surface area contributed by atoms with Crippen molar-refractivity contribution < 1.29 is 19.1 Å². The van der Waals surface area contributed by atoms with Gasteiger partial charge in [0, 0.05) is 25.7 Å². The number of pyridine rings is 1. The summed E-state index contributed by atoms with van der Waals surface area (Å²) in [4.78, 5) is 28.2. The molecule has 6 heteroatoms. The van der Waals surface area contributed by atoms with Crippen LogP contribution in [0.4, 0.5) is 4.39 Å². The quantitative estimate of drug-likeness (QED) is 0.918. The molecule has 0 saturated carbocycles. The minimum Gasteiger partial charge on any atom is -0.481 e. The number of carboxylic acids is 1. The van der Waals surface area contributed by atoms with Crippen LogP contribution in [0.15, 0.2) is 18.5 Å². The second kappa shape index (κ2) is 6.45. The topological polar surface area (TPSA) is 70.5 Å². The van der Waals surface area contributed by atoms with Gasteiger partial charge in [0.15, 0.2) is 5.82 Å². The minimum atomic E-state index is -0.810. The van der Waals surface area contributed by atoms with Crippen LogP contribution < -0.4 is 0 Å². The van der Waals surface area contributed by atoms with Crippen molar-refractivity contribution in [2.75, 3.05) is 13.1 Å². The van der Waals surface area contributed by atoms with E-state index in [-0.39, 0.29) is 23.8 Å². The number of likely N-dealkylation sites (tertiary alicyclic amines) is 1. The van der Waals surface area contributed by atoms with Crippen LogP contribution in [-0.2, 0) is 4.79 Å². The summed E-state index contributed by atoms with van der Waals surface area (Å²) in [5.41, 5.74) is 0.0247. The zero-order chi connectivity index (χ0) is 14.5. The van der Waals surface area contributed by atoms with Crippen LogP contribution in [-0.4, -0.2) is 40.0 Å². The first-order valence-electron chi connectivity index (χ1n) is 6.68. The summed E-state index contributed by atoms with van der Waals surface area (Å²) in [6, 6.07) is 1.37. The van der Waals surface area contributed by atoms with Gasteiger partial charge >= 0.3 is 5.97 Å². The Bertz CT molecular complexity index is 507. The highest BCUT2D eigenvalue weighted by molar-refractivity contribution is 5.94. The molecule has 108 valence electrons. The molecule has 0 aromatic carbocycles. The lowest BCUT2D eigenvalue weighted by Crippen LogP contribution is -2.32. The second-order valence-electron chi connectivity index (χ2n) is 5.04. The molecule has 0 bridgehead atoms. The Morgan fingerprint density at radius 2 is 2.20 bits per heavy atom. The summed E-state index contributed by atoms with van der Waals surface area (Å²) in [5.74, 6) is -1.69. The van der Waals surface area contributed by atoms with Gasteiger partial charge in [0.05, 0.1) is 11.8 Å². The molecule has 1 unspecified atom stereocenters. The van der Waals surface area contributed by atoms with E-state index in [1.54, 1.807) is 4.90 Å². The molecule has 20 heavy (non-hydrogen) atoms. The summed E-state index contributed by atoms with van der Waals surface area (Å²) in [6.45, 7) is 1.01. The van der Waals surface area contributed by atoms with Gasteiger partial charge in [-0.05, 0) is 31.2 Å². The van der Waals surface area contributed by atoms with Crippen LogP contribution in [0.1, 0.15) is 36.0 Å². The van der Waals surface area contributed by atoms with Crippen LogP contribution in [0.2, 0.25) is 0 Å². The lowest BCUT2D eigenvalue weighted by atomic mass is 9.97. The molecule has 1 aromatic rings. The number of hydrogen-bond acceptors (Lipinski definition) is 3. The molecule has 2 heterocycles. The lowest BCUT2D eigenvalue weighted by Gasteiger charge is -2.20.